The lowest BCUT2D eigenvalue weighted by atomic mass is 10.0. The summed E-state index contributed by atoms with van der Waals surface area (Å²) in [7, 11) is 1.63. The number of ketones is 1. The lowest BCUT2D eigenvalue weighted by molar-refractivity contribution is -0.115. The number of ether oxygens (including phenoxy) is 1. The highest BCUT2D eigenvalue weighted by molar-refractivity contribution is 5.97. The smallest absolute Gasteiger partial charge is 0.238 e. The number of carbonyl (C=O) groups excluding carboxylic acids is 2. The van der Waals surface area contributed by atoms with Crippen LogP contribution < -0.4 is 15.4 Å². The highest BCUT2D eigenvalue weighted by Crippen LogP contribution is 2.27. The van der Waals surface area contributed by atoms with Crippen molar-refractivity contribution in [2.75, 3.05) is 38.6 Å². The molecule has 1 aliphatic rings. The third kappa shape index (κ3) is 6.42. The van der Waals surface area contributed by atoms with E-state index in [-0.39, 0.29) is 24.3 Å². The normalized spacial score (nSPS) is 15.6. The van der Waals surface area contributed by atoms with E-state index in [0.29, 0.717) is 17.8 Å². The van der Waals surface area contributed by atoms with Crippen LogP contribution >= 0.6 is 0 Å². The Morgan fingerprint density at radius 3 is 2.71 bits per heavy atom. The summed E-state index contributed by atoms with van der Waals surface area (Å²) in [6, 6.07) is 14.7. The van der Waals surface area contributed by atoms with Crippen molar-refractivity contribution in [2.24, 2.45) is 0 Å². The van der Waals surface area contributed by atoms with Crippen molar-refractivity contribution in [3.63, 3.8) is 0 Å². The molecule has 0 unspecified atom stereocenters. The molecule has 2 aromatic carbocycles. The molecular formula is C27H32N4O4. The minimum Gasteiger partial charge on any atom is -0.497 e. The van der Waals surface area contributed by atoms with Gasteiger partial charge in [0.2, 0.25) is 5.91 Å². The third-order valence-corrected chi connectivity index (χ3v) is 6.46. The molecule has 35 heavy (non-hydrogen) atoms. The van der Waals surface area contributed by atoms with Crippen LogP contribution in [0.3, 0.4) is 0 Å². The van der Waals surface area contributed by atoms with Crippen molar-refractivity contribution >= 4 is 28.3 Å². The molecule has 3 N–H and O–H groups in total. The molecule has 4 rings (SSSR count). The number of rotatable bonds is 9. The van der Waals surface area contributed by atoms with Crippen LogP contribution in [0.4, 0.5) is 5.69 Å². The number of nitrogens with one attached hydrogen (secondary N) is 2. The van der Waals surface area contributed by atoms with Crippen molar-refractivity contribution in [1.29, 1.82) is 0 Å². The van der Waals surface area contributed by atoms with Crippen molar-refractivity contribution < 1.29 is 19.4 Å². The second-order valence-electron chi connectivity index (χ2n) is 8.94. The number of pyridine rings is 1. The summed E-state index contributed by atoms with van der Waals surface area (Å²) >= 11 is 0. The lowest BCUT2D eigenvalue weighted by Crippen LogP contribution is -2.45. The standard InChI is InChI=1S/C27H32N4O4/c1-18(32)19-4-3-5-21(14-19)30-27(34)16-29-20-9-12-31(13-10-20)17-26(33)23-8-11-28-25-7-6-22(35-2)15-24(23)25/h3-8,11,14-15,20,26,29,33H,9-10,12-13,16-17H2,1-2H3,(H,30,34)/t26-/m0/s1. The number of β-amino-alcohol motifs (C(OH)–C–C–N with tert-alkyl or cyclic N) is 1. The van der Waals surface area contributed by atoms with E-state index in [4.69, 9.17) is 4.74 Å². The number of methoxy groups -OCH3 is 1. The predicted molar refractivity (Wildman–Crippen MR) is 136 cm³/mol. The first kappa shape index (κ1) is 24.8. The lowest BCUT2D eigenvalue weighted by Gasteiger charge is -2.33. The first-order valence-corrected chi connectivity index (χ1v) is 11.9. The fraction of sp³-hybridized carbons (Fsp3) is 0.370. The first-order chi connectivity index (χ1) is 16.9. The molecule has 184 valence electrons. The van der Waals surface area contributed by atoms with Gasteiger partial charge in [-0.05, 0) is 74.8 Å². The third-order valence-electron chi connectivity index (χ3n) is 6.46. The zero-order valence-electron chi connectivity index (χ0n) is 20.2. The Kier molecular flexibility index (Phi) is 8.07. The summed E-state index contributed by atoms with van der Waals surface area (Å²) < 4.78 is 5.34. The number of benzene rings is 2. The molecule has 0 saturated carbocycles. The molecule has 8 heteroatoms. The van der Waals surface area contributed by atoms with Gasteiger partial charge in [0, 0.05) is 35.4 Å². The summed E-state index contributed by atoms with van der Waals surface area (Å²) in [6.45, 7) is 3.93. The maximum absolute atomic E-state index is 12.3. The second-order valence-corrected chi connectivity index (χ2v) is 8.94. The fourth-order valence-corrected chi connectivity index (χ4v) is 4.48. The highest BCUT2D eigenvalue weighted by Gasteiger charge is 2.23. The zero-order valence-corrected chi connectivity index (χ0v) is 20.2. The average Bonchev–Trinajstić information content (AvgIpc) is 2.87. The van der Waals surface area contributed by atoms with E-state index in [0.717, 1.165) is 48.1 Å². The fourth-order valence-electron chi connectivity index (χ4n) is 4.48. The van der Waals surface area contributed by atoms with Crippen LogP contribution in [0.2, 0.25) is 0 Å². The summed E-state index contributed by atoms with van der Waals surface area (Å²) in [6.07, 6.45) is 2.88. The van der Waals surface area contributed by atoms with Crippen LogP contribution in [-0.4, -0.2) is 66.0 Å². The Balaban J connectivity index is 1.25. The largest absolute Gasteiger partial charge is 0.497 e. The molecule has 3 aromatic rings. The Labute approximate surface area is 205 Å². The van der Waals surface area contributed by atoms with Gasteiger partial charge in [0.1, 0.15) is 5.75 Å². The second kappa shape index (κ2) is 11.4. The van der Waals surface area contributed by atoms with E-state index < -0.39 is 6.10 Å². The molecule has 1 aromatic heterocycles. The molecule has 1 atom stereocenters. The zero-order chi connectivity index (χ0) is 24.8. The quantitative estimate of drug-likeness (QED) is 0.408. The van der Waals surface area contributed by atoms with E-state index in [2.05, 4.69) is 20.5 Å². The molecule has 2 heterocycles. The number of aliphatic hydroxyl groups is 1. The van der Waals surface area contributed by atoms with Gasteiger partial charge in [-0.15, -0.1) is 0 Å². The topological polar surface area (TPSA) is 104 Å². The van der Waals surface area contributed by atoms with Crippen LogP contribution in [0, 0.1) is 0 Å². The Bertz CT molecular complexity index is 1190. The van der Waals surface area contributed by atoms with Gasteiger partial charge in [-0.25, -0.2) is 0 Å². The minimum atomic E-state index is -0.631. The number of nitrogens with zero attached hydrogens (tertiary/aromatic N) is 2. The summed E-state index contributed by atoms with van der Waals surface area (Å²) in [4.78, 5) is 30.5. The number of likely N-dealkylation sites (tertiary alicyclic amines) is 1. The number of aromatic nitrogens is 1. The van der Waals surface area contributed by atoms with Gasteiger partial charge in [0.15, 0.2) is 5.78 Å². The van der Waals surface area contributed by atoms with Gasteiger partial charge in [-0.3, -0.25) is 14.6 Å². The van der Waals surface area contributed by atoms with Crippen LogP contribution in [0.5, 0.6) is 5.75 Å². The van der Waals surface area contributed by atoms with Gasteiger partial charge in [-0.1, -0.05) is 12.1 Å². The maximum Gasteiger partial charge on any atom is 0.238 e. The summed E-state index contributed by atoms with van der Waals surface area (Å²) in [5, 5.41) is 18.0. The van der Waals surface area contributed by atoms with E-state index >= 15 is 0 Å². The highest BCUT2D eigenvalue weighted by atomic mass is 16.5. The Hall–Kier alpha value is -3.33. The number of piperidine rings is 1. The number of fused-ring (bicyclic) bond motifs is 1. The van der Waals surface area contributed by atoms with Gasteiger partial charge >= 0.3 is 0 Å². The molecule has 0 aliphatic carbocycles. The molecule has 0 radical (unpaired) electrons. The molecule has 1 aliphatic heterocycles. The number of anilines is 1. The van der Waals surface area contributed by atoms with E-state index in [1.165, 1.54) is 6.92 Å². The first-order valence-electron chi connectivity index (χ1n) is 11.9. The number of aliphatic hydroxyl groups excluding tert-OH is 1. The molecular weight excluding hydrogens is 444 g/mol. The number of hydrogen-bond donors (Lipinski definition) is 3. The molecule has 1 amide bonds. The number of carbonyl (C=O) groups is 2. The minimum absolute atomic E-state index is 0.0343. The van der Waals surface area contributed by atoms with Crippen LogP contribution in [-0.2, 0) is 4.79 Å². The van der Waals surface area contributed by atoms with Crippen LogP contribution in [0.25, 0.3) is 10.9 Å². The van der Waals surface area contributed by atoms with Gasteiger partial charge in [0.05, 0.1) is 25.3 Å². The predicted octanol–water partition coefficient (Wildman–Crippen LogP) is 3.17. The summed E-state index contributed by atoms with van der Waals surface area (Å²) in [5.74, 6) is 0.568. The van der Waals surface area contributed by atoms with Crippen molar-refractivity contribution in [3.8, 4) is 5.75 Å². The van der Waals surface area contributed by atoms with E-state index in [9.17, 15) is 14.7 Å². The molecule has 8 nitrogen and oxygen atoms in total. The summed E-state index contributed by atoms with van der Waals surface area (Å²) in [5.41, 5.74) is 2.87. The van der Waals surface area contributed by atoms with Crippen molar-refractivity contribution in [2.45, 2.75) is 31.9 Å². The van der Waals surface area contributed by atoms with E-state index in [1.54, 1.807) is 37.6 Å². The Morgan fingerprint density at radius 1 is 1.17 bits per heavy atom. The molecule has 1 saturated heterocycles. The molecule has 0 bridgehead atoms. The number of hydrogen-bond acceptors (Lipinski definition) is 7. The van der Waals surface area contributed by atoms with Crippen LogP contribution in [0.1, 0.15) is 41.8 Å². The van der Waals surface area contributed by atoms with Crippen molar-refractivity contribution in [1.82, 2.24) is 15.2 Å². The molecule has 1 fully saturated rings. The van der Waals surface area contributed by atoms with Crippen LogP contribution in [0.15, 0.2) is 54.7 Å². The molecule has 0 spiro atoms. The maximum atomic E-state index is 12.3. The van der Waals surface area contributed by atoms with Crippen molar-refractivity contribution in [3.05, 3.63) is 65.9 Å². The van der Waals surface area contributed by atoms with Gasteiger partial charge < -0.3 is 25.4 Å². The Morgan fingerprint density at radius 2 is 1.97 bits per heavy atom. The number of amides is 1. The van der Waals surface area contributed by atoms with Gasteiger partial charge in [-0.2, -0.15) is 0 Å². The monoisotopic (exact) mass is 476 g/mol. The number of Topliss-reactive ketones (excluding diaryl/α,β-unsaturated/α-hetero) is 1. The SMILES string of the molecule is COc1ccc2nccc([C@@H](O)CN3CCC(NCC(=O)Nc4cccc(C(C)=O)c4)CC3)c2c1. The average molecular weight is 477 g/mol. The van der Waals surface area contributed by atoms with Gasteiger partial charge in [0.25, 0.3) is 0 Å². The van der Waals surface area contributed by atoms with E-state index in [1.807, 2.05) is 24.3 Å².